The van der Waals surface area contributed by atoms with Gasteiger partial charge in [-0.15, -0.1) is 0 Å². The Kier molecular flexibility index (Phi) is 4.58. The molecule has 2 heterocycles. The van der Waals surface area contributed by atoms with Crippen molar-refractivity contribution in [3.05, 3.63) is 54.5 Å². The first kappa shape index (κ1) is 15.9. The van der Waals surface area contributed by atoms with Gasteiger partial charge in [-0.05, 0) is 12.5 Å². The van der Waals surface area contributed by atoms with Gasteiger partial charge in [0, 0.05) is 38.1 Å². The molecule has 0 amide bonds. The van der Waals surface area contributed by atoms with Crippen molar-refractivity contribution in [2.24, 2.45) is 0 Å². The van der Waals surface area contributed by atoms with Crippen LogP contribution in [0.1, 0.15) is 12.5 Å². The average molecular weight is 332 g/mol. The fourth-order valence-corrected chi connectivity index (χ4v) is 4.43. The molecule has 0 bridgehead atoms. The lowest BCUT2D eigenvalue weighted by atomic mass is 10.2. The fourth-order valence-electron chi connectivity index (χ4n) is 2.83. The van der Waals surface area contributed by atoms with E-state index in [2.05, 4.69) is 14.9 Å². The molecular formula is C16H20N4O2S. The Morgan fingerprint density at radius 1 is 1.17 bits per heavy atom. The second kappa shape index (κ2) is 6.64. The third-order valence-corrected chi connectivity index (χ3v) is 5.84. The zero-order chi connectivity index (χ0) is 16.3. The van der Waals surface area contributed by atoms with Crippen LogP contribution in [-0.2, 0) is 15.8 Å². The molecule has 7 heteroatoms. The van der Waals surface area contributed by atoms with Gasteiger partial charge < -0.3 is 4.90 Å². The summed E-state index contributed by atoms with van der Waals surface area (Å²) in [4.78, 5) is 10.5. The summed E-state index contributed by atoms with van der Waals surface area (Å²) in [6.45, 7) is 3.56. The Balaban J connectivity index is 1.69. The van der Waals surface area contributed by atoms with Crippen molar-refractivity contribution in [1.82, 2.24) is 14.3 Å². The van der Waals surface area contributed by atoms with Gasteiger partial charge in [0.25, 0.3) is 0 Å². The lowest BCUT2D eigenvalue weighted by Crippen LogP contribution is -2.54. The third-order valence-electron chi connectivity index (χ3n) is 4.02. The van der Waals surface area contributed by atoms with Gasteiger partial charge in [0.2, 0.25) is 10.0 Å². The Bertz CT molecular complexity index is 737. The van der Waals surface area contributed by atoms with E-state index in [1.54, 1.807) is 22.9 Å². The standard InChI is InChI=1S/C16H20N4O2S/c1-14-12-19(9-10-20(14)16-11-17-7-8-18-16)23(21,22)13-15-5-3-2-4-6-15/h2-8,11,14H,9-10,12-13H2,1H3. The van der Waals surface area contributed by atoms with Crippen LogP contribution in [-0.4, -0.2) is 48.4 Å². The zero-order valence-electron chi connectivity index (χ0n) is 13.0. The maximum Gasteiger partial charge on any atom is 0.218 e. The largest absolute Gasteiger partial charge is 0.350 e. The van der Waals surface area contributed by atoms with Crippen molar-refractivity contribution in [3.8, 4) is 0 Å². The minimum absolute atomic E-state index is 0.0473. The van der Waals surface area contributed by atoms with Crippen molar-refractivity contribution in [1.29, 1.82) is 0 Å². The van der Waals surface area contributed by atoms with Gasteiger partial charge in [0.05, 0.1) is 11.9 Å². The number of anilines is 1. The Morgan fingerprint density at radius 2 is 1.96 bits per heavy atom. The van der Waals surface area contributed by atoms with Crippen molar-refractivity contribution >= 4 is 15.8 Å². The van der Waals surface area contributed by atoms with E-state index in [1.165, 1.54) is 0 Å². The summed E-state index contributed by atoms with van der Waals surface area (Å²) in [5, 5.41) is 0. The molecule has 1 fully saturated rings. The summed E-state index contributed by atoms with van der Waals surface area (Å²) in [5.41, 5.74) is 0.816. The van der Waals surface area contributed by atoms with Gasteiger partial charge in [-0.3, -0.25) is 4.98 Å². The van der Waals surface area contributed by atoms with Crippen LogP contribution in [0, 0.1) is 0 Å². The predicted molar refractivity (Wildman–Crippen MR) is 89.5 cm³/mol. The molecule has 23 heavy (non-hydrogen) atoms. The van der Waals surface area contributed by atoms with E-state index in [4.69, 9.17) is 0 Å². The quantitative estimate of drug-likeness (QED) is 0.849. The SMILES string of the molecule is CC1CN(S(=O)(=O)Cc2ccccc2)CCN1c1cnccn1. The van der Waals surface area contributed by atoms with E-state index in [9.17, 15) is 8.42 Å². The van der Waals surface area contributed by atoms with Gasteiger partial charge >= 0.3 is 0 Å². The van der Waals surface area contributed by atoms with Crippen molar-refractivity contribution < 1.29 is 8.42 Å². The van der Waals surface area contributed by atoms with E-state index in [-0.39, 0.29) is 11.8 Å². The third kappa shape index (κ3) is 3.68. The van der Waals surface area contributed by atoms with E-state index in [1.807, 2.05) is 37.3 Å². The number of benzene rings is 1. The molecule has 122 valence electrons. The summed E-state index contributed by atoms with van der Waals surface area (Å²) in [5.74, 6) is 0.839. The van der Waals surface area contributed by atoms with Crippen LogP contribution in [0.15, 0.2) is 48.9 Å². The first-order chi connectivity index (χ1) is 11.1. The number of hydrogen-bond donors (Lipinski definition) is 0. The molecule has 1 aromatic heterocycles. The number of nitrogens with zero attached hydrogens (tertiary/aromatic N) is 4. The molecule has 6 nitrogen and oxygen atoms in total. The van der Waals surface area contributed by atoms with E-state index < -0.39 is 10.0 Å². The molecule has 0 saturated carbocycles. The van der Waals surface area contributed by atoms with Crippen molar-refractivity contribution in [3.63, 3.8) is 0 Å². The van der Waals surface area contributed by atoms with Crippen molar-refractivity contribution in [2.45, 2.75) is 18.7 Å². The zero-order valence-corrected chi connectivity index (χ0v) is 13.9. The summed E-state index contributed by atoms with van der Waals surface area (Å²) in [7, 11) is -3.30. The molecule has 0 spiro atoms. The maximum absolute atomic E-state index is 12.6. The van der Waals surface area contributed by atoms with Gasteiger partial charge in [0.15, 0.2) is 0 Å². The van der Waals surface area contributed by atoms with Gasteiger partial charge in [-0.2, -0.15) is 4.31 Å². The highest BCUT2D eigenvalue weighted by Crippen LogP contribution is 2.20. The molecular weight excluding hydrogens is 312 g/mol. The van der Waals surface area contributed by atoms with Gasteiger partial charge in [-0.1, -0.05) is 30.3 Å². The summed E-state index contributed by atoms with van der Waals surface area (Å²) in [6, 6.07) is 9.36. The molecule has 0 N–H and O–H groups in total. The Hall–Kier alpha value is -1.99. The highest BCUT2D eigenvalue weighted by molar-refractivity contribution is 7.88. The van der Waals surface area contributed by atoms with Crippen LogP contribution in [0.25, 0.3) is 0 Å². The van der Waals surface area contributed by atoms with Crippen LogP contribution >= 0.6 is 0 Å². The normalized spacial score (nSPS) is 19.7. The number of aromatic nitrogens is 2. The number of rotatable bonds is 4. The lowest BCUT2D eigenvalue weighted by molar-refractivity contribution is 0.340. The van der Waals surface area contributed by atoms with Crippen molar-refractivity contribution in [2.75, 3.05) is 24.5 Å². The monoisotopic (exact) mass is 332 g/mol. The highest BCUT2D eigenvalue weighted by atomic mass is 32.2. The topological polar surface area (TPSA) is 66.4 Å². The minimum Gasteiger partial charge on any atom is -0.350 e. The molecule has 0 aliphatic carbocycles. The second-order valence-corrected chi connectivity index (χ2v) is 7.67. The minimum atomic E-state index is -3.30. The fraction of sp³-hybridized carbons (Fsp3) is 0.375. The van der Waals surface area contributed by atoms with Crippen LogP contribution in [0.2, 0.25) is 0 Å². The molecule has 3 rings (SSSR count). The molecule has 1 aromatic carbocycles. The molecule has 0 radical (unpaired) electrons. The second-order valence-electron chi connectivity index (χ2n) is 5.71. The first-order valence-electron chi connectivity index (χ1n) is 7.61. The predicted octanol–water partition coefficient (Wildman–Crippen LogP) is 1.52. The summed E-state index contributed by atoms with van der Waals surface area (Å²) < 4.78 is 26.8. The number of hydrogen-bond acceptors (Lipinski definition) is 5. The molecule has 1 aliphatic rings. The van der Waals surface area contributed by atoms with Gasteiger partial charge in [0.1, 0.15) is 5.82 Å². The lowest BCUT2D eigenvalue weighted by Gasteiger charge is -2.39. The van der Waals surface area contributed by atoms with Crippen LogP contribution in [0.4, 0.5) is 5.82 Å². The smallest absolute Gasteiger partial charge is 0.218 e. The first-order valence-corrected chi connectivity index (χ1v) is 9.21. The molecule has 1 saturated heterocycles. The molecule has 1 unspecified atom stereocenters. The molecule has 1 aliphatic heterocycles. The summed E-state index contributed by atoms with van der Waals surface area (Å²) in [6.07, 6.45) is 5.00. The highest BCUT2D eigenvalue weighted by Gasteiger charge is 2.31. The molecule has 1 atom stereocenters. The summed E-state index contributed by atoms with van der Waals surface area (Å²) >= 11 is 0. The van der Waals surface area contributed by atoms with Crippen LogP contribution in [0.3, 0.4) is 0 Å². The van der Waals surface area contributed by atoms with Crippen LogP contribution < -0.4 is 4.90 Å². The van der Waals surface area contributed by atoms with E-state index >= 15 is 0 Å². The number of piperazine rings is 1. The van der Waals surface area contributed by atoms with Gasteiger partial charge in [-0.25, -0.2) is 13.4 Å². The maximum atomic E-state index is 12.6. The molecule has 2 aromatic rings. The van der Waals surface area contributed by atoms with E-state index in [0.29, 0.717) is 19.6 Å². The Labute approximate surface area is 136 Å². The average Bonchev–Trinajstić information content (AvgIpc) is 2.56. The van der Waals surface area contributed by atoms with Crippen LogP contribution in [0.5, 0.6) is 0 Å². The number of sulfonamides is 1. The Morgan fingerprint density at radius 3 is 2.61 bits per heavy atom. The van der Waals surface area contributed by atoms with E-state index in [0.717, 1.165) is 11.4 Å².